The number of nitrogens with one attached hydrogen (secondary N) is 1. The van der Waals surface area contributed by atoms with Gasteiger partial charge >= 0.3 is 0 Å². The minimum absolute atomic E-state index is 0.220. The van der Waals surface area contributed by atoms with Crippen LogP contribution in [-0.4, -0.2) is 53.8 Å². The van der Waals surface area contributed by atoms with Crippen LogP contribution in [-0.2, 0) is 11.2 Å². The fraction of sp³-hybridized carbons (Fsp3) is 0.333. The fourth-order valence-corrected chi connectivity index (χ4v) is 3.53. The molecule has 0 spiro atoms. The highest BCUT2D eigenvalue weighted by atomic mass is 16.6. The van der Waals surface area contributed by atoms with Crippen molar-refractivity contribution in [2.45, 2.75) is 12.5 Å². The molecule has 1 atom stereocenters. The van der Waals surface area contributed by atoms with Gasteiger partial charge < -0.3 is 19.5 Å². The zero-order valence-corrected chi connectivity index (χ0v) is 15.5. The number of benzene rings is 2. The van der Waals surface area contributed by atoms with Crippen LogP contribution in [0.25, 0.3) is 17.1 Å². The number of rotatable bonds is 4. The van der Waals surface area contributed by atoms with Crippen LogP contribution in [0.15, 0.2) is 48.5 Å². The first kappa shape index (κ1) is 17.2. The maximum Gasteiger partial charge on any atom is 0.181 e. The molecule has 0 radical (unpaired) electrons. The van der Waals surface area contributed by atoms with Gasteiger partial charge in [0.2, 0.25) is 0 Å². The summed E-state index contributed by atoms with van der Waals surface area (Å²) in [6, 6.07) is 16.1. The lowest BCUT2D eigenvalue weighted by Gasteiger charge is -2.23. The summed E-state index contributed by atoms with van der Waals surface area (Å²) in [6.45, 7) is 3.41. The number of aromatic nitrogens is 3. The molecule has 0 saturated carbocycles. The monoisotopic (exact) mass is 378 g/mol. The van der Waals surface area contributed by atoms with E-state index in [9.17, 15) is 0 Å². The van der Waals surface area contributed by atoms with Crippen LogP contribution < -0.4 is 14.8 Å². The van der Waals surface area contributed by atoms with Gasteiger partial charge in [0, 0.05) is 30.6 Å². The highest BCUT2D eigenvalue weighted by molar-refractivity contribution is 5.55. The molecule has 0 amide bonds. The minimum Gasteiger partial charge on any atom is -0.486 e. The lowest BCUT2D eigenvalue weighted by molar-refractivity contribution is 0.0762. The molecule has 1 N–H and O–H groups in total. The lowest BCUT2D eigenvalue weighted by Crippen LogP contribution is -2.43. The molecule has 0 bridgehead atoms. The van der Waals surface area contributed by atoms with E-state index in [1.807, 2.05) is 53.2 Å². The molecule has 1 saturated heterocycles. The molecule has 0 aliphatic carbocycles. The SMILES string of the molecule is c1ccc(-c2nc(CC3COCCN3)n(-c3ccc4c(c3)OCCO4)n2)cc1. The second kappa shape index (κ2) is 7.61. The lowest BCUT2D eigenvalue weighted by atomic mass is 10.2. The van der Waals surface area contributed by atoms with E-state index in [1.54, 1.807) is 0 Å². The maximum absolute atomic E-state index is 5.75. The Balaban J connectivity index is 1.53. The molecule has 2 aliphatic heterocycles. The average molecular weight is 378 g/mol. The van der Waals surface area contributed by atoms with Crippen molar-refractivity contribution in [3.05, 3.63) is 54.4 Å². The van der Waals surface area contributed by atoms with Crippen molar-refractivity contribution in [2.24, 2.45) is 0 Å². The molecule has 144 valence electrons. The minimum atomic E-state index is 0.220. The van der Waals surface area contributed by atoms with Crippen molar-refractivity contribution < 1.29 is 14.2 Å². The van der Waals surface area contributed by atoms with E-state index in [0.717, 1.165) is 48.1 Å². The quantitative estimate of drug-likeness (QED) is 0.751. The summed E-state index contributed by atoms with van der Waals surface area (Å²) >= 11 is 0. The van der Waals surface area contributed by atoms with Crippen molar-refractivity contribution >= 4 is 0 Å². The molecule has 7 heteroatoms. The number of nitrogens with zero attached hydrogens (tertiary/aromatic N) is 3. The summed E-state index contributed by atoms with van der Waals surface area (Å²) < 4.78 is 18.9. The molecule has 1 unspecified atom stereocenters. The van der Waals surface area contributed by atoms with Crippen LogP contribution >= 0.6 is 0 Å². The molecule has 3 heterocycles. The van der Waals surface area contributed by atoms with Gasteiger partial charge in [-0.2, -0.15) is 0 Å². The van der Waals surface area contributed by atoms with Gasteiger partial charge in [-0.25, -0.2) is 9.67 Å². The third kappa shape index (κ3) is 3.46. The summed E-state index contributed by atoms with van der Waals surface area (Å²) in [7, 11) is 0. The van der Waals surface area contributed by atoms with Crippen molar-refractivity contribution in [1.82, 2.24) is 20.1 Å². The van der Waals surface area contributed by atoms with Crippen molar-refractivity contribution in [3.63, 3.8) is 0 Å². The van der Waals surface area contributed by atoms with E-state index in [1.165, 1.54) is 0 Å². The van der Waals surface area contributed by atoms with Crippen molar-refractivity contribution in [1.29, 1.82) is 0 Å². The first-order chi connectivity index (χ1) is 13.9. The van der Waals surface area contributed by atoms with Crippen LogP contribution in [0.4, 0.5) is 0 Å². The Morgan fingerprint density at radius 3 is 2.68 bits per heavy atom. The molecule has 5 rings (SSSR count). The third-order valence-corrected chi connectivity index (χ3v) is 4.90. The Kier molecular flexibility index (Phi) is 4.68. The molecular weight excluding hydrogens is 356 g/mol. The molecule has 1 fully saturated rings. The zero-order valence-electron chi connectivity index (χ0n) is 15.5. The third-order valence-electron chi connectivity index (χ3n) is 4.90. The first-order valence-corrected chi connectivity index (χ1v) is 9.59. The van der Waals surface area contributed by atoms with Crippen LogP contribution in [0.2, 0.25) is 0 Å². The standard InChI is InChI=1S/C21H22N4O3/c1-2-4-15(5-3-1)21-23-20(12-16-14-26-9-8-22-16)25(24-21)17-6-7-18-19(13-17)28-11-10-27-18/h1-7,13,16,22H,8-12,14H2. The van der Waals surface area contributed by atoms with E-state index in [-0.39, 0.29) is 6.04 Å². The van der Waals surface area contributed by atoms with Gasteiger partial charge in [-0.1, -0.05) is 30.3 Å². The molecule has 7 nitrogen and oxygen atoms in total. The predicted octanol–water partition coefficient (Wildman–Crippen LogP) is 2.24. The van der Waals surface area contributed by atoms with Gasteiger partial charge in [0.25, 0.3) is 0 Å². The van der Waals surface area contributed by atoms with Crippen LogP contribution in [0.3, 0.4) is 0 Å². The molecule has 2 aliphatic rings. The largest absolute Gasteiger partial charge is 0.486 e. The van der Waals surface area contributed by atoms with E-state index in [4.69, 9.17) is 24.3 Å². The summed E-state index contributed by atoms with van der Waals surface area (Å²) in [4.78, 5) is 4.85. The molecule has 28 heavy (non-hydrogen) atoms. The second-order valence-electron chi connectivity index (χ2n) is 6.89. The van der Waals surface area contributed by atoms with Crippen molar-refractivity contribution in [3.8, 4) is 28.6 Å². The molecule has 2 aromatic carbocycles. The van der Waals surface area contributed by atoms with Crippen LogP contribution in [0.1, 0.15) is 5.82 Å². The predicted molar refractivity (Wildman–Crippen MR) is 104 cm³/mol. The van der Waals surface area contributed by atoms with E-state index < -0.39 is 0 Å². The summed E-state index contributed by atoms with van der Waals surface area (Å²) in [5, 5.41) is 8.30. The smallest absolute Gasteiger partial charge is 0.181 e. The Bertz CT molecular complexity index is 952. The summed E-state index contributed by atoms with van der Waals surface area (Å²) in [5.74, 6) is 3.11. The fourth-order valence-electron chi connectivity index (χ4n) is 3.53. The summed E-state index contributed by atoms with van der Waals surface area (Å²) in [6.07, 6.45) is 0.730. The van der Waals surface area contributed by atoms with Crippen LogP contribution in [0.5, 0.6) is 11.5 Å². The van der Waals surface area contributed by atoms with Crippen LogP contribution in [0, 0.1) is 0 Å². The Hall–Kier alpha value is -2.90. The normalized spacial score (nSPS) is 18.8. The number of ether oxygens (including phenoxy) is 3. The van der Waals surface area contributed by atoms with E-state index in [2.05, 4.69) is 5.32 Å². The van der Waals surface area contributed by atoms with Gasteiger partial charge in [0.05, 0.1) is 18.9 Å². The molecule has 3 aromatic rings. The Morgan fingerprint density at radius 1 is 1.00 bits per heavy atom. The van der Waals surface area contributed by atoms with Crippen molar-refractivity contribution in [2.75, 3.05) is 33.0 Å². The number of hydrogen-bond acceptors (Lipinski definition) is 6. The topological polar surface area (TPSA) is 70.4 Å². The first-order valence-electron chi connectivity index (χ1n) is 9.59. The molecule has 1 aromatic heterocycles. The highest BCUT2D eigenvalue weighted by Crippen LogP contribution is 2.32. The number of morpholine rings is 1. The van der Waals surface area contributed by atoms with Gasteiger partial charge in [0.15, 0.2) is 17.3 Å². The Labute approximate surface area is 163 Å². The number of fused-ring (bicyclic) bond motifs is 1. The average Bonchev–Trinajstić information content (AvgIpc) is 3.18. The number of hydrogen-bond donors (Lipinski definition) is 1. The van der Waals surface area contributed by atoms with Gasteiger partial charge in [-0.3, -0.25) is 0 Å². The van der Waals surface area contributed by atoms with Gasteiger partial charge in [-0.15, -0.1) is 5.10 Å². The highest BCUT2D eigenvalue weighted by Gasteiger charge is 2.21. The van der Waals surface area contributed by atoms with Gasteiger partial charge in [-0.05, 0) is 12.1 Å². The maximum atomic E-state index is 5.75. The zero-order chi connectivity index (χ0) is 18.8. The Morgan fingerprint density at radius 2 is 1.86 bits per heavy atom. The van der Waals surface area contributed by atoms with E-state index in [0.29, 0.717) is 25.6 Å². The van der Waals surface area contributed by atoms with Gasteiger partial charge in [0.1, 0.15) is 19.0 Å². The van der Waals surface area contributed by atoms with E-state index >= 15 is 0 Å². The molecular formula is C21H22N4O3. The summed E-state index contributed by atoms with van der Waals surface area (Å²) in [5.41, 5.74) is 1.90. The second-order valence-corrected chi connectivity index (χ2v) is 6.89.